The molecule has 1 atom stereocenters. The average Bonchev–Trinajstić information content (AvgIpc) is 2.47. The molecule has 128 valence electrons. The van der Waals surface area contributed by atoms with Crippen LogP contribution in [0.5, 0.6) is 0 Å². The molecule has 0 bridgehead atoms. The van der Waals surface area contributed by atoms with Gasteiger partial charge in [0.2, 0.25) is 10.0 Å². The van der Waals surface area contributed by atoms with Gasteiger partial charge in [0.25, 0.3) is 0 Å². The van der Waals surface area contributed by atoms with E-state index in [4.69, 9.17) is 9.84 Å². The van der Waals surface area contributed by atoms with Gasteiger partial charge < -0.3 is 9.84 Å². The third-order valence-corrected chi connectivity index (χ3v) is 5.46. The Morgan fingerprint density at radius 3 is 2.78 bits per heavy atom. The van der Waals surface area contributed by atoms with Crippen LogP contribution in [0.2, 0.25) is 0 Å². The van der Waals surface area contributed by atoms with Crippen LogP contribution in [-0.4, -0.2) is 48.8 Å². The summed E-state index contributed by atoms with van der Waals surface area (Å²) < 4.78 is 44.6. The van der Waals surface area contributed by atoms with Gasteiger partial charge in [0.1, 0.15) is 12.4 Å². The summed E-state index contributed by atoms with van der Waals surface area (Å²) in [5, 5.41) is 8.97. The third kappa shape index (κ3) is 5.56. The molecule has 0 aliphatic carbocycles. The van der Waals surface area contributed by atoms with Gasteiger partial charge in [-0.15, -0.1) is 0 Å². The first kappa shape index (κ1) is 17.8. The maximum absolute atomic E-state index is 13.2. The first-order chi connectivity index (χ1) is 10.9. The summed E-state index contributed by atoms with van der Waals surface area (Å²) in [4.78, 5) is 11.0. The molecule has 1 unspecified atom stereocenters. The highest BCUT2D eigenvalue weighted by atomic mass is 32.2. The van der Waals surface area contributed by atoms with Crippen LogP contribution < -0.4 is 0 Å². The highest BCUT2D eigenvalue weighted by molar-refractivity contribution is 7.89. The lowest BCUT2D eigenvalue weighted by atomic mass is 10.1. The minimum atomic E-state index is -3.82. The zero-order chi connectivity index (χ0) is 16.9. The molecule has 1 N–H and O–H groups in total. The molecule has 8 heteroatoms. The fraction of sp³-hybridized carbons (Fsp3) is 0.533. The topological polar surface area (TPSA) is 83.9 Å². The third-order valence-electron chi connectivity index (χ3n) is 3.62. The van der Waals surface area contributed by atoms with Gasteiger partial charge in [-0.25, -0.2) is 12.8 Å². The predicted molar refractivity (Wildman–Crippen MR) is 81.8 cm³/mol. The number of aliphatic carboxylic acids is 1. The number of carbonyl (C=O) groups is 1. The lowest BCUT2D eigenvalue weighted by Gasteiger charge is -2.26. The Balaban J connectivity index is 2.13. The summed E-state index contributed by atoms with van der Waals surface area (Å²) in [6, 6.07) is 5.46. The fourth-order valence-corrected chi connectivity index (χ4v) is 4.12. The van der Waals surface area contributed by atoms with Crippen LogP contribution in [0.15, 0.2) is 24.3 Å². The van der Waals surface area contributed by atoms with Gasteiger partial charge in [0.05, 0.1) is 11.9 Å². The lowest BCUT2D eigenvalue weighted by molar-refractivity contribution is -0.137. The highest BCUT2D eigenvalue weighted by Gasteiger charge is 2.29. The Kier molecular flexibility index (Phi) is 6.09. The number of ether oxygens (including phenoxy) is 1. The molecule has 1 aromatic carbocycles. The molecule has 1 aromatic rings. The quantitative estimate of drug-likeness (QED) is 0.812. The normalized spacial score (nSPS) is 19.0. The van der Waals surface area contributed by atoms with E-state index in [1.54, 1.807) is 6.07 Å². The average molecular weight is 345 g/mol. The van der Waals surface area contributed by atoms with Crippen molar-refractivity contribution < 1.29 is 27.4 Å². The molecular formula is C15H20FNO5S. The van der Waals surface area contributed by atoms with Crippen molar-refractivity contribution >= 4 is 16.0 Å². The number of hydrogen-bond donors (Lipinski definition) is 1. The number of rotatable bonds is 7. The number of nitrogens with zero attached hydrogens (tertiary/aromatic N) is 1. The standard InChI is InChI=1S/C15H20FNO5S/c16-13-5-3-4-12(8-13)9-17(10-15(18)19)23(20,21)11-14-6-1-2-7-22-14/h3-5,8,14H,1-2,6-7,9-11H2,(H,18,19). The Morgan fingerprint density at radius 1 is 1.39 bits per heavy atom. The van der Waals surface area contributed by atoms with E-state index >= 15 is 0 Å². The molecule has 2 rings (SSSR count). The van der Waals surface area contributed by atoms with Crippen molar-refractivity contribution in [3.63, 3.8) is 0 Å². The second-order valence-corrected chi connectivity index (χ2v) is 7.57. The largest absolute Gasteiger partial charge is 0.480 e. The van der Waals surface area contributed by atoms with Crippen LogP contribution in [-0.2, 0) is 26.1 Å². The van der Waals surface area contributed by atoms with Crippen molar-refractivity contribution in [3.05, 3.63) is 35.6 Å². The predicted octanol–water partition coefficient (Wildman–Crippen LogP) is 1.61. The van der Waals surface area contributed by atoms with Crippen LogP contribution in [0.1, 0.15) is 24.8 Å². The number of halogens is 1. The number of carboxylic acids is 1. The molecule has 0 amide bonds. The number of sulfonamides is 1. The Labute approximate surface area is 134 Å². The summed E-state index contributed by atoms with van der Waals surface area (Å²) in [5.41, 5.74) is 0.402. The van der Waals surface area contributed by atoms with Crippen molar-refractivity contribution in [1.29, 1.82) is 0 Å². The van der Waals surface area contributed by atoms with E-state index in [1.807, 2.05) is 0 Å². The van der Waals surface area contributed by atoms with Gasteiger partial charge in [-0.3, -0.25) is 4.79 Å². The number of carboxylic acid groups (broad SMARTS) is 1. The molecule has 1 fully saturated rings. The van der Waals surface area contributed by atoms with Crippen molar-refractivity contribution in [3.8, 4) is 0 Å². The first-order valence-corrected chi connectivity index (χ1v) is 9.03. The van der Waals surface area contributed by atoms with Gasteiger partial charge >= 0.3 is 5.97 Å². The molecule has 0 spiro atoms. The summed E-state index contributed by atoms with van der Waals surface area (Å²) >= 11 is 0. The zero-order valence-electron chi connectivity index (χ0n) is 12.7. The summed E-state index contributed by atoms with van der Waals surface area (Å²) in [7, 11) is -3.82. The molecule has 23 heavy (non-hydrogen) atoms. The van der Waals surface area contributed by atoms with Gasteiger partial charge in [-0.1, -0.05) is 12.1 Å². The molecule has 6 nitrogen and oxygen atoms in total. The minimum Gasteiger partial charge on any atom is -0.480 e. The molecule has 1 heterocycles. The van der Waals surface area contributed by atoms with Crippen molar-refractivity contribution in [2.24, 2.45) is 0 Å². The SMILES string of the molecule is O=C(O)CN(Cc1cccc(F)c1)S(=O)(=O)CC1CCCCO1. The van der Waals surface area contributed by atoms with E-state index in [2.05, 4.69) is 0 Å². The smallest absolute Gasteiger partial charge is 0.318 e. The molecule has 0 radical (unpaired) electrons. The van der Waals surface area contributed by atoms with Crippen LogP contribution >= 0.6 is 0 Å². The van der Waals surface area contributed by atoms with E-state index in [-0.39, 0.29) is 12.3 Å². The second kappa shape index (κ2) is 7.85. The molecule has 0 aromatic heterocycles. The van der Waals surface area contributed by atoms with Crippen LogP contribution in [0.25, 0.3) is 0 Å². The molecule has 0 saturated carbocycles. The zero-order valence-corrected chi connectivity index (χ0v) is 13.5. The van der Waals surface area contributed by atoms with Crippen LogP contribution in [0, 0.1) is 5.82 Å². The number of hydrogen-bond acceptors (Lipinski definition) is 4. The minimum absolute atomic E-state index is 0.181. The van der Waals surface area contributed by atoms with Crippen LogP contribution in [0.4, 0.5) is 4.39 Å². The van der Waals surface area contributed by atoms with Crippen molar-refractivity contribution in [2.75, 3.05) is 18.9 Å². The van der Waals surface area contributed by atoms with Crippen molar-refractivity contribution in [1.82, 2.24) is 4.31 Å². The second-order valence-electron chi connectivity index (χ2n) is 5.56. The lowest BCUT2D eigenvalue weighted by Crippen LogP contribution is -2.40. The highest BCUT2D eigenvalue weighted by Crippen LogP contribution is 2.18. The molecule has 1 aliphatic rings. The van der Waals surface area contributed by atoms with E-state index in [9.17, 15) is 17.6 Å². The van der Waals surface area contributed by atoms with E-state index < -0.39 is 34.5 Å². The summed E-state index contributed by atoms with van der Waals surface area (Å²) in [6.45, 7) is -0.326. The summed E-state index contributed by atoms with van der Waals surface area (Å²) in [5.74, 6) is -2.00. The molecule has 1 saturated heterocycles. The Hall–Kier alpha value is -1.51. The number of benzene rings is 1. The van der Waals surface area contributed by atoms with E-state index in [0.29, 0.717) is 18.6 Å². The molecule has 1 aliphatic heterocycles. The fourth-order valence-electron chi connectivity index (χ4n) is 2.52. The summed E-state index contributed by atoms with van der Waals surface area (Å²) in [6.07, 6.45) is 2.01. The molecular weight excluding hydrogens is 325 g/mol. The van der Waals surface area contributed by atoms with E-state index in [1.165, 1.54) is 18.2 Å². The monoisotopic (exact) mass is 345 g/mol. The Bertz CT molecular complexity index is 643. The first-order valence-electron chi connectivity index (χ1n) is 7.42. The van der Waals surface area contributed by atoms with Gasteiger partial charge in [-0.05, 0) is 37.0 Å². The van der Waals surface area contributed by atoms with Gasteiger partial charge in [-0.2, -0.15) is 4.31 Å². The van der Waals surface area contributed by atoms with Gasteiger partial charge in [0.15, 0.2) is 0 Å². The van der Waals surface area contributed by atoms with Crippen LogP contribution in [0.3, 0.4) is 0 Å². The Morgan fingerprint density at radius 2 is 2.17 bits per heavy atom. The van der Waals surface area contributed by atoms with Crippen molar-refractivity contribution in [2.45, 2.75) is 31.9 Å². The maximum atomic E-state index is 13.2. The maximum Gasteiger partial charge on any atom is 0.318 e. The van der Waals surface area contributed by atoms with E-state index in [0.717, 1.165) is 17.1 Å². The van der Waals surface area contributed by atoms with Gasteiger partial charge in [0, 0.05) is 13.2 Å².